The number of nitro benzene ring substituents is 1. The highest BCUT2D eigenvalue weighted by Crippen LogP contribution is 2.65. The fourth-order valence-corrected chi connectivity index (χ4v) is 5.41. The Morgan fingerprint density at radius 1 is 1.31 bits per heavy atom. The van der Waals surface area contributed by atoms with Crippen LogP contribution in [-0.4, -0.2) is 29.7 Å². The normalized spacial score (nSPS) is 27.5. The third-order valence-electron chi connectivity index (χ3n) is 6.83. The minimum atomic E-state index is -0.810. The number of primary amides is 1. The first kappa shape index (κ1) is 17.8. The molecule has 2 aromatic rings. The van der Waals surface area contributed by atoms with Crippen LogP contribution < -0.4 is 20.1 Å². The lowest BCUT2D eigenvalue weighted by atomic mass is 9.72. The van der Waals surface area contributed by atoms with Crippen molar-refractivity contribution in [2.45, 2.75) is 43.4 Å². The number of amides is 1. The zero-order valence-electron chi connectivity index (χ0n) is 16.3. The lowest BCUT2D eigenvalue weighted by molar-refractivity contribution is -0.385. The van der Waals surface area contributed by atoms with Gasteiger partial charge in [0.25, 0.3) is 5.69 Å². The Morgan fingerprint density at radius 3 is 2.72 bits per heavy atom. The van der Waals surface area contributed by atoms with E-state index in [0.717, 1.165) is 17.0 Å². The fourth-order valence-electron chi connectivity index (χ4n) is 5.41. The number of fused-ring (bicyclic) bond motifs is 5. The van der Waals surface area contributed by atoms with Gasteiger partial charge in [0.15, 0.2) is 5.72 Å². The lowest BCUT2D eigenvalue weighted by Crippen LogP contribution is -2.59. The number of carbonyl (C=O) groups is 1. The van der Waals surface area contributed by atoms with E-state index in [-0.39, 0.29) is 11.6 Å². The van der Waals surface area contributed by atoms with Crippen LogP contribution in [0.5, 0.6) is 11.5 Å². The second kappa shape index (κ2) is 5.40. The average Bonchev–Trinajstić information content (AvgIpc) is 3.06. The van der Waals surface area contributed by atoms with E-state index < -0.39 is 28.0 Å². The number of methoxy groups -OCH3 is 1. The summed E-state index contributed by atoms with van der Waals surface area (Å²) in [5.41, 5.74) is 7.12. The van der Waals surface area contributed by atoms with E-state index in [1.165, 1.54) is 12.1 Å². The number of hydrogen-bond donors (Lipinski definition) is 1. The molecule has 3 aliphatic rings. The third-order valence-corrected chi connectivity index (χ3v) is 6.83. The first-order valence-electron chi connectivity index (χ1n) is 9.46. The maximum atomic E-state index is 12.6. The molecule has 3 aliphatic heterocycles. The molecule has 29 heavy (non-hydrogen) atoms. The number of nitro groups is 1. The van der Waals surface area contributed by atoms with Crippen LogP contribution in [0.4, 0.5) is 11.4 Å². The summed E-state index contributed by atoms with van der Waals surface area (Å²) in [6.07, 6.45) is 0.513. The predicted octanol–water partition coefficient (Wildman–Crippen LogP) is 2.83. The van der Waals surface area contributed by atoms with Gasteiger partial charge in [0.2, 0.25) is 5.91 Å². The largest absolute Gasteiger partial charge is 0.497 e. The zero-order chi connectivity index (χ0) is 20.7. The van der Waals surface area contributed by atoms with E-state index in [4.69, 9.17) is 15.2 Å². The molecular weight excluding hydrogens is 374 g/mol. The summed E-state index contributed by atoms with van der Waals surface area (Å²) in [5, 5.41) is 11.3. The number of carbonyl (C=O) groups excluding carboxylic acids is 1. The topological polar surface area (TPSA) is 108 Å². The highest BCUT2D eigenvalue weighted by atomic mass is 16.6. The SMILES string of the molecule is COc1ccc2c(c1)C(C)(C)C13CC(c4cc([N+](=O)[O-])ccc4O1)[C@@H](C(N)=O)N23. The van der Waals surface area contributed by atoms with Crippen molar-refractivity contribution in [1.82, 2.24) is 0 Å². The molecule has 8 heteroatoms. The molecule has 5 rings (SSSR count). The minimum Gasteiger partial charge on any atom is -0.497 e. The molecule has 2 aromatic carbocycles. The van der Waals surface area contributed by atoms with Gasteiger partial charge in [-0.1, -0.05) is 0 Å². The molecule has 1 saturated heterocycles. The predicted molar refractivity (Wildman–Crippen MR) is 105 cm³/mol. The van der Waals surface area contributed by atoms with Gasteiger partial charge in [0, 0.05) is 35.7 Å². The van der Waals surface area contributed by atoms with Gasteiger partial charge in [-0.3, -0.25) is 14.9 Å². The molecular formula is C21H21N3O5. The zero-order valence-corrected chi connectivity index (χ0v) is 16.3. The summed E-state index contributed by atoms with van der Waals surface area (Å²) in [6, 6.07) is 9.67. The summed E-state index contributed by atoms with van der Waals surface area (Å²) in [6.45, 7) is 4.17. The third kappa shape index (κ3) is 2.01. The number of nitrogens with two attached hydrogens (primary N) is 1. The van der Waals surface area contributed by atoms with E-state index in [1.807, 2.05) is 23.1 Å². The summed E-state index contributed by atoms with van der Waals surface area (Å²) >= 11 is 0. The standard InChI is InChI=1S/C21H21N3O5/c1-20(2)15-9-12(28-3)5-6-16(15)23-18(19(22)25)14-10-21(20,23)29-17-7-4-11(24(26)27)8-13(14)17/h4-9,14,18H,10H2,1-3H3,(H2,22,25)/t14?,18-,21?/m0/s1. The lowest BCUT2D eigenvalue weighted by Gasteiger charge is -2.45. The van der Waals surface area contributed by atoms with Gasteiger partial charge in [-0.25, -0.2) is 0 Å². The Kier molecular flexibility index (Phi) is 3.31. The Balaban J connectivity index is 1.75. The van der Waals surface area contributed by atoms with Gasteiger partial charge in [-0.05, 0) is 43.7 Å². The second-order valence-electron chi connectivity index (χ2n) is 8.40. The molecule has 0 radical (unpaired) electrons. The van der Waals surface area contributed by atoms with Crippen molar-refractivity contribution in [3.05, 3.63) is 57.6 Å². The molecule has 2 N–H and O–H groups in total. The van der Waals surface area contributed by atoms with Crippen LogP contribution in [-0.2, 0) is 10.2 Å². The molecule has 1 amide bonds. The molecule has 150 valence electrons. The van der Waals surface area contributed by atoms with Crippen molar-refractivity contribution in [2.24, 2.45) is 5.73 Å². The van der Waals surface area contributed by atoms with Gasteiger partial charge < -0.3 is 20.1 Å². The monoisotopic (exact) mass is 395 g/mol. The molecule has 2 bridgehead atoms. The van der Waals surface area contributed by atoms with Gasteiger partial charge in [0.1, 0.15) is 17.5 Å². The number of nitrogens with zero attached hydrogens (tertiary/aromatic N) is 2. The molecule has 0 aliphatic carbocycles. The van der Waals surface area contributed by atoms with Crippen molar-refractivity contribution in [3.63, 3.8) is 0 Å². The number of anilines is 1. The van der Waals surface area contributed by atoms with Crippen LogP contribution in [0.3, 0.4) is 0 Å². The molecule has 0 aromatic heterocycles. The van der Waals surface area contributed by atoms with Crippen LogP contribution in [0.2, 0.25) is 0 Å². The Labute approximate surface area is 167 Å². The van der Waals surface area contributed by atoms with Gasteiger partial charge in [-0.15, -0.1) is 0 Å². The van der Waals surface area contributed by atoms with Crippen molar-refractivity contribution in [3.8, 4) is 11.5 Å². The van der Waals surface area contributed by atoms with Crippen molar-refractivity contribution in [2.75, 3.05) is 12.0 Å². The van der Waals surface area contributed by atoms with Crippen molar-refractivity contribution < 1.29 is 19.2 Å². The van der Waals surface area contributed by atoms with Gasteiger partial charge >= 0.3 is 0 Å². The van der Waals surface area contributed by atoms with Crippen LogP contribution >= 0.6 is 0 Å². The fraction of sp³-hybridized carbons (Fsp3) is 0.381. The highest BCUT2D eigenvalue weighted by Gasteiger charge is 2.70. The highest BCUT2D eigenvalue weighted by molar-refractivity contribution is 5.89. The molecule has 3 heterocycles. The number of benzene rings is 2. The van der Waals surface area contributed by atoms with E-state index in [2.05, 4.69) is 13.8 Å². The van der Waals surface area contributed by atoms with Crippen LogP contribution in [0, 0.1) is 10.1 Å². The summed E-state index contributed by atoms with van der Waals surface area (Å²) in [7, 11) is 1.62. The van der Waals surface area contributed by atoms with Crippen molar-refractivity contribution in [1.29, 1.82) is 0 Å². The molecule has 3 atom stereocenters. The van der Waals surface area contributed by atoms with Crippen LogP contribution in [0.15, 0.2) is 36.4 Å². The van der Waals surface area contributed by atoms with E-state index in [9.17, 15) is 14.9 Å². The smallest absolute Gasteiger partial charge is 0.269 e. The first-order valence-corrected chi connectivity index (χ1v) is 9.46. The quantitative estimate of drug-likeness (QED) is 0.632. The Bertz CT molecular complexity index is 1080. The van der Waals surface area contributed by atoms with Crippen molar-refractivity contribution >= 4 is 17.3 Å². The summed E-state index contributed by atoms with van der Waals surface area (Å²) in [4.78, 5) is 25.5. The summed E-state index contributed by atoms with van der Waals surface area (Å²) in [5.74, 6) is 0.534. The van der Waals surface area contributed by atoms with Crippen LogP contribution in [0.25, 0.3) is 0 Å². The molecule has 1 fully saturated rings. The molecule has 2 unspecified atom stereocenters. The molecule has 0 saturated carbocycles. The number of ether oxygens (including phenoxy) is 2. The Morgan fingerprint density at radius 2 is 2.07 bits per heavy atom. The number of rotatable bonds is 3. The second-order valence-corrected chi connectivity index (χ2v) is 8.40. The summed E-state index contributed by atoms with van der Waals surface area (Å²) < 4.78 is 12.0. The number of non-ortho nitro benzene ring substituents is 1. The molecule has 8 nitrogen and oxygen atoms in total. The van der Waals surface area contributed by atoms with E-state index in [1.54, 1.807) is 13.2 Å². The first-order chi connectivity index (χ1) is 13.7. The molecule has 1 spiro atoms. The maximum absolute atomic E-state index is 12.6. The van der Waals surface area contributed by atoms with Gasteiger partial charge in [-0.2, -0.15) is 0 Å². The minimum absolute atomic E-state index is 0.0250. The maximum Gasteiger partial charge on any atom is 0.269 e. The van der Waals surface area contributed by atoms with Crippen LogP contribution in [0.1, 0.15) is 37.3 Å². The number of hydrogen-bond acceptors (Lipinski definition) is 6. The van der Waals surface area contributed by atoms with E-state index >= 15 is 0 Å². The average molecular weight is 395 g/mol. The Hall–Kier alpha value is -3.29. The van der Waals surface area contributed by atoms with E-state index in [0.29, 0.717) is 17.7 Å². The van der Waals surface area contributed by atoms with Gasteiger partial charge in [0.05, 0.1) is 17.4 Å².